The van der Waals surface area contributed by atoms with Crippen molar-refractivity contribution < 1.29 is 0 Å². The lowest BCUT2D eigenvalue weighted by Crippen LogP contribution is -2.14. The molecule has 0 aliphatic heterocycles. The van der Waals surface area contributed by atoms with Crippen molar-refractivity contribution in [3.63, 3.8) is 0 Å². The predicted octanol–water partition coefficient (Wildman–Crippen LogP) is 4.61. The van der Waals surface area contributed by atoms with Crippen LogP contribution in [0.4, 0.5) is 5.82 Å². The van der Waals surface area contributed by atoms with Crippen LogP contribution < -0.4 is 5.32 Å². The zero-order chi connectivity index (χ0) is 14.7. The van der Waals surface area contributed by atoms with Crippen molar-refractivity contribution in [2.75, 3.05) is 11.9 Å². The molecule has 1 aliphatic carbocycles. The van der Waals surface area contributed by atoms with Crippen molar-refractivity contribution in [1.29, 1.82) is 0 Å². The van der Waals surface area contributed by atoms with Crippen LogP contribution in [0.3, 0.4) is 0 Å². The molecule has 3 nitrogen and oxygen atoms in total. The molecule has 0 atom stereocenters. The van der Waals surface area contributed by atoms with Crippen LogP contribution in [0.1, 0.15) is 37.4 Å². The van der Waals surface area contributed by atoms with E-state index in [9.17, 15) is 0 Å². The number of anilines is 1. The van der Waals surface area contributed by atoms with E-state index < -0.39 is 0 Å². The van der Waals surface area contributed by atoms with Gasteiger partial charge in [0.15, 0.2) is 5.82 Å². The molecule has 0 fully saturated rings. The zero-order valence-electron chi connectivity index (χ0n) is 12.3. The molecule has 0 saturated carbocycles. The standard InChI is InChI=1S/C17H20BrN3/c1-2-10-19-17-14-8-3-4-9-15(14)20-16(21-17)12-6-5-7-13(18)11-12/h5-7,11H,2-4,8-10H2,1H3,(H,19,20,21). The van der Waals surface area contributed by atoms with E-state index in [-0.39, 0.29) is 0 Å². The van der Waals surface area contributed by atoms with Gasteiger partial charge in [-0.15, -0.1) is 0 Å². The quantitative estimate of drug-likeness (QED) is 0.879. The molecule has 0 saturated heterocycles. The molecule has 0 radical (unpaired) electrons. The molecule has 110 valence electrons. The second-order valence-electron chi connectivity index (χ2n) is 5.47. The van der Waals surface area contributed by atoms with E-state index in [4.69, 9.17) is 9.97 Å². The predicted molar refractivity (Wildman–Crippen MR) is 90.6 cm³/mol. The van der Waals surface area contributed by atoms with Gasteiger partial charge in [-0.05, 0) is 44.2 Å². The summed E-state index contributed by atoms with van der Waals surface area (Å²) in [7, 11) is 0. The van der Waals surface area contributed by atoms with Crippen LogP contribution in [0.5, 0.6) is 0 Å². The Hall–Kier alpha value is -1.42. The summed E-state index contributed by atoms with van der Waals surface area (Å²) in [6.45, 7) is 3.14. The van der Waals surface area contributed by atoms with E-state index in [2.05, 4.69) is 40.3 Å². The molecule has 3 rings (SSSR count). The molecule has 2 aromatic rings. The minimum absolute atomic E-state index is 0.829. The molecule has 21 heavy (non-hydrogen) atoms. The van der Waals surface area contributed by atoms with Gasteiger partial charge in [0.2, 0.25) is 0 Å². The van der Waals surface area contributed by atoms with Gasteiger partial charge in [0, 0.05) is 27.8 Å². The van der Waals surface area contributed by atoms with Crippen LogP contribution in [-0.2, 0) is 12.8 Å². The number of rotatable bonds is 4. The fraction of sp³-hybridized carbons (Fsp3) is 0.412. The van der Waals surface area contributed by atoms with Crippen LogP contribution in [0.15, 0.2) is 28.7 Å². The van der Waals surface area contributed by atoms with Crippen molar-refractivity contribution >= 4 is 21.7 Å². The van der Waals surface area contributed by atoms with E-state index in [1.165, 1.54) is 24.1 Å². The third kappa shape index (κ3) is 3.26. The number of hydrogen-bond acceptors (Lipinski definition) is 3. The summed E-state index contributed by atoms with van der Waals surface area (Å²) < 4.78 is 1.06. The SMILES string of the molecule is CCCNc1nc(-c2cccc(Br)c2)nc2c1CCCC2. The summed E-state index contributed by atoms with van der Waals surface area (Å²) in [5, 5.41) is 3.48. The number of nitrogens with zero attached hydrogens (tertiary/aromatic N) is 2. The van der Waals surface area contributed by atoms with Crippen LogP contribution in [0, 0.1) is 0 Å². The molecular formula is C17H20BrN3. The number of fused-ring (bicyclic) bond motifs is 1. The number of aryl methyl sites for hydroxylation is 1. The summed E-state index contributed by atoms with van der Waals surface area (Å²) in [6, 6.07) is 8.20. The topological polar surface area (TPSA) is 37.8 Å². The fourth-order valence-electron chi connectivity index (χ4n) is 2.74. The first kappa shape index (κ1) is 14.5. The average Bonchev–Trinajstić information content (AvgIpc) is 2.52. The average molecular weight is 346 g/mol. The van der Waals surface area contributed by atoms with Crippen LogP contribution in [0.25, 0.3) is 11.4 Å². The van der Waals surface area contributed by atoms with Crippen LogP contribution in [-0.4, -0.2) is 16.5 Å². The van der Waals surface area contributed by atoms with Gasteiger partial charge in [0.1, 0.15) is 5.82 Å². The van der Waals surface area contributed by atoms with E-state index in [1.54, 1.807) is 0 Å². The van der Waals surface area contributed by atoms with Crippen LogP contribution >= 0.6 is 15.9 Å². The first-order valence-electron chi connectivity index (χ1n) is 7.67. The van der Waals surface area contributed by atoms with E-state index in [0.29, 0.717) is 0 Å². The summed E-state index contributed by atoms with van der Waals surface area (Å²) in [5.41, 5.74) is 3.62. The van der Waals surface area contributed by atoms with Gasteiger partial charge in [-0.25, -0.2) is 9.97 Å². The van der Waals surface area contributed by atoms with Gasteiger partial charge in [0.05, 0.1) is 0 Å². The van der Waals surface area contributed by atoms with E-state index in [1.807, 2.05) is 12.1 Å². The van der Waals surface area contributed by atoms with Gasteiger partial charge < -0.3 is 5.32 Å². The Bertz CT molecular complexity index is 640. The molecule has 4 heteroatoms. The lowest BCUT2D eigenvalue weighted by atomic mass is 9.96. The van der Waals surface area contributed by atoms with Gasteiger partial charge in [-0.3, -0.25) is 0 Å². The number of halogens is 1. The van der Waals surface area contributed by atoms with Crippen molar-refractivity contribution in [2.45, 2.75) is 39.0 Å². The first-order valence-corrected chi connectivity index (χ1v) is 8.47. The minimum Gasteiger partial charge on any atom is -0.370 e. The number of nitrogens with one attached hydrogen (secondary N) is 1. The molecular weight excluding hydrogens is 326 g/mol. The minimum atomic E-state index is 0.829. The molecule has 1 aliphatic rings. The van der Waals surface area contributed by atoms with E-state index >= 15 is 0 Å². The molecule has 1 aromatic heterocycles. The molecule has 0 spiro atoms. The molecule has 0 unspecified atom stereocenters. The summed E-state index contributed by atoms with van der Waals surface area (Å²) in [5.74, 6) is 1.87. The Balaban J connectivity index is 2.05. The largest absolute Gasteiger partial charge is 0.370 e. The van der Waals surface area contributed by atoms with Gasteiger partial charge in [0.25, 0.3) is 0 Å². The van der Waals surface area contributed by atoms with E-state index in [0.717, 1.165) is 47.5 Å². The van der Waals surface area contributed by atoms with Gasteiger partial charge >= 0.3 is 0 Å². The Labute approximate surface area is 134 Å². The maximum atomic E-state index is 4.82. The monoisotopic (exact) mass is 345 g/mol. The molecule has 1 aromatic carbocycles. The molecule has 0 amide bonds. The summed E-state index contributed by atoms with van der Waals surface area (Å²) in [6.07, 6.45) is 5.74. The highest BCUT2D eigenvalue weighted by Crippen LogP contribution is 2.29. The molecule has 0 bridgehead atoms. The Morgan fingerprint density at radius 1 is 1.19 bits per heavy atom. The van der Waals surface area contributed by atoms with Crippen molar-refractivity contribution in [3.8, 4) is 11.4 Å². The first-order chi connectivity index (χ1) is 10.3. The molecule has 1 heterocycles. The van der Waals surface area contributed by atoms with Gasteiger partial charge in [-0.2, -0.15) is 0 Å². The van der Waals surface area contributed by atoms with Crippen molar-refractivity contribution in [3.05, 3.63) is 40.0 Å². The maximum Gasteiger partial charge on any atom is 0.161 e. The van der Waals surface area contributed by atoms with Crippen molar-refractivity contribution in [1.82, 2.24) is 9.97 Å². The smallest absolute Gasteiger partial charge is 0.161 e. The Morgan fingerprint density at radius 3 is 2.86 bits per heavy atom. The zero-order valence-corrected chi connectivity index (χ0v) is 13.9. The maximum absolute atomic E-state index is 4.82. The number of hydrogen-bond donors (Lipinski definition) is 1. The summed E-state index contributed by atoms with van der Waals surface area (Å²) in [4.78, 5) is 9.61. The fourth-order valence-corrected chi connectivity index (χ4v) is 3.14. The second-order valence-corrected chi connectivity index (χ2v) is 6.38. The van der Waals surface area contributed by atoms with Crippen LogP contribution in [0.2, 0.25) is 0 Å². The third-order valence-corrected chi connectivity index (χ3v) is 4.30. The lowest BCUT2D eigenvalue weighted by Gasteiger charge is -2.20. The highest BCUT2D eigenvalue weighted by molar-refractivity contribution is 9.10. The van der Waals surface area contributed by atoms with Crippen molar-refractivity contribution in [2.24, 2.45) is 0 Å². The highest BCUT2D eigenvalue weighted by Gasteiger charge is 2.18. The number of benzene rings is 1. The second kappa shape index (κ2) is 6.56. The summed E-state index contributed by atoms with van der Waals surface area (Å²) >= 11 is 3.52. The third-order valence-electron chi connectivity index (χ3n) is 3.81. The Morgan fingerprint density at radius 2 is 2.05 bits per heavy atom. The normalized spacial score (nSPS) is 13.8. The van der Waals surface area contributed by atoms with Gasteiger partial charge in [-0.1, -0.05) is 35.0 Å². The highest BCUT2D eigenvalue weighted by atomic mass is 79.9. The Kier molecular flexibility index (Phi) is 4.54. The lowest BCUT2D eigenvalue weighted by molar-refractivity contribution is 0.664. The number of aromatic nitrogens is 2. The molecule has 1 N–H and O–H groups in total.